The maximum atomic E-state index is 13.7. The number of H-pyrrole nitrogens is 1. The Kier molecular flexibility index (Phi) is 6.55. The van der Waals surface area contributed by atoms with Gasteiger partial charge in [-0.2, -0.15) is 5.21 Å². The van der Waals surface area contributed by atoms with E-state index in [9.17, 15) is 14.4 Å². The molecule has 0 aliphatic heterocycles. The summed E-state index contributed by atoms with van der Waals surface area (Å²) in [5.41, 5.74) is 3.32. The quantitative estimate of drug-likeness (QED) is 0.300. The maximum Gasteiger partial charge on any atom is 0.337 e. The van der Waals surface area contributed by atoms with E-state index in [0.717, 1.165) is 26.8 Å². The number of ether oxygens (including phenoxy) is 1. The monoisotopic (exact) mass is 548 g/mol. The van der Waals surface area contributed by atoms with Crippen molar-refractivity contribution in [2.75, 3.05) is 7.11 Å². The topological polar surface area (TPSA) is 143 Å². The van der Waals surface area contributed by atoms with Crippen LogP contribution in [0.1, 0.15) is 11.4 Å². The van der Waals surface area contributed by atoms with Crippen LogP contribution < -0.4 is 11.2 Å². The van der Waals surface area contributed by atoms with Crippen molar-refractivity contribution in [3.05, 3.63) is 111 Å². The van der Waals surface area contributed by atoms with E-state index in [1.54, 1.807) is 35.8 Å². The highest BCUT2D eigenvalue weighted by molar-refractivity contribution is 5.80. The van der Waals surface area contributed by atoms with Gasteiger partial charge in [-0.15, -0.1) is 10.2 Å². The van der Waals surface area contributed by atoms with Crippen LogP contribution in [0.25, 0.3) is 39.4 Å². The van der Waals surface area contributed by atoms with Gasteiger partial charge in [0.05, 0.1) is 12.8 Å². The number of fused-ring (bicyclic) bond motifs is 1. The number of hydrogen-bond acceptors (Lipinski definition) is 8. The number of rotatable bonds is 7. The van der Waals surface area contributed by atoms with Gasteiger partial charge in [0.2, 0.25) is 5.82 Å². The zero-order valence-electron chi connectivity index (χ0n) is 22.2. The molecule has 0 radical (unpaired) electrons. The predicted molar refractivity (Wildman–Crippen MR) is 150 cm³/mol. The molecule has 204 valence electrons. The molecule has 0 bridgehead atoms. The van der Waals surface area contributed by atoms with Crippen LogP contribution in [0.5, 0.6) is 0 Å². The molecule has 12 heteroatoms. The number of aromatic nitrogens is 8. The molecule has 41 heavy (non-hydrogen) atoms. The molecule has 6 aromatic rings. The SMILES string of the molecule is COC(=O)Cn1c(=O)c2c(nc(C)n2Cc2ccc(-c3ccccc3-c3nn[nH]n3)cc2)n(-c2ccccc2)c1=O. The largest absolute Gasteiger partial charge is 0.468 e. The number of imidazole rings is 1. The number of hydrogen-bond donors (Lipinski definition) is 1. The Morgan fingerprint density at radius 3 is 2.29 bits per heavy atom. The molecule has 0 aliphatic rings. The summed E-state index contributed by atoms with van der Waals surface area (Å²) in [5.74, 6) is 0.337. The normalized spacial score (nSPS) is 11.2. The molecule has 3 heterocycles. The van der Waals surface area contributed by atoms with Crippen LogP contribution in [0.4, 0.5) is 0 Å². The lowest BCUT2D eigenvalue weighted by Gasteiger charge is -2.13. The summed E-state index contributed by atoms with van der Waals surface area (Å²) in [6, 6.07) is 24.6. The third-order valence-electron chi connectivity index (χ3n) is 6.87. The smallest absolute Gasteiger partial charge is 0.337 e. The number of nitrogens with zero attached hydrogens (tertiary/aromatic N) is 7. The van der Waals surface area contributed by atoms with Crippen molar-refractivity contribution < 1.29 is 9.53 Å². The molecule has 3 aromatic carbocycles. The lowest BCUT2D eigenvalue weighted by atomic mass is 9.98. The maximum absolute atomic E-state index is 13.7. The van der Waals surface area contributed by atoms with E-state index in [2.05, 4.69) is 25.6 Å². The highest BCUT2D eigenvalue weighted by Gasteiger charge is 2.23. The molecule has 0 atom stereocenters. The van der Waals surface area contributed by atoms with Crippen molar-refractivity contribution in [2.24, 2.45) is 0 Å². The molecule has 0 saturated heterocycles. The molecule has 0 saturated carbocycles. The van der Waals surface area contributed by atoms with Gasteiger partial charge in [0, 0.05) is 12.1 Å². The number of tetrazole rings is 1. The molecule has 12 nitrogen and oxygen atoms in total. The van der Waals surface area contributed by atoms with Crippen LogP contribution in [0.3, 0.4) is 0 Å². The van der Waals surface area contributed by atoms with Crippen molar-refractivity contribution in [3.63, 3.8) is 0 Å². The Labute approximate surface area is 232 Å². The van der Waals surface area contributed by atoms with Gasteiger partial charge in [-0.3, -0.25) is 9.59 Å². The van der Waals surface area contributed by atoms with Crippen LogP contribution in [0.2, 0.25) is 0 Å². The summed E-state index contributed by atoms with van der Waals surface area (Å²) < 4.78 is 8.74. The van der Waals surface area contributed by atoms with E-state index in [-0.39, 0.29) is 11.2 Å². The first-order valence-electron chi connectivity index (χ1n) is 12.7. The summed E-state index contributed by atoms with van der Waals surface area (Å²) in [6.45, 7) is 1.57. The fourth-order valence-electron chi connectivity index (χ4n) is 4.86. The van der Waals surface area contributed by atoms with E-state index in [1.165, 1.54) is 11.7 Å². The van der Waals surface area contributed by atoms with Gasteiger partial charge in [0.15, 0.2) is 11.2 Å². The van der Waals surface area contributed by atoms with Crippen LogP contribution in [-0.4, -0.2) is 52.4 Å². The number of para-hydroxylation sites is 1. The Morgan fingerprint density at radius 2 is 1.61 bits per heavy atom. The molecule has 0 spiro atoms. The minimum absolute atomic E-state index is 0.210. The van der Waals surface area contributed by atoms with E-state index in [4.69, 9.17) is 4.74 Å². The van der Waals surface area contributed by atoms with E-state index < -0.39 is 23.8 Å². The first-order valence-corrected chi connectivity index (χ1v) is 12.7. The first-order chi connectivity index (χ1) is 20.0. The number of carbonyl (C=O) groups is 1. The number of aromatic amines is 1. The summed E-state index contributed by atoms with van der Waals surface area (Å²) in [7, 11) is 1.21. The Morgan fingerprint density at radius 1 is 0.902 bits per heavy atom. The zero-order chi connectivity index (χ0) is 28.5. The summed E-state index contributed by atoms with van der Waals surface area (Å²) in [5, 5.41) is 14.4. The van der Waals surface area contributed by atoms with Gasteiger partial charge in [-0.1, -0.05) is 66.7 Å². The highest BCUT2D eigenvalue weighted by Crippen LogP contribution is 2.30. The summed E-state index contributed by atoms with van der Waals surface area (Å²) in [4.78, 5) is 43.9. The first kappa shape index (κ1) is 25.6. The minimum atomic E-state index is -0.706. The van der Waals surface area contributed by atoms with Gasteiger partial charge >= 0.3 is 11.7 Å². The Bertz CT molecular complexity index is 1990. The zero-order valence-corrected chi connectivity index (χ0v) is 22.2. The second-order valence-corrected chi connectivity index (χ2v) is 9.32. The van der Waals surface area contributed by atoms with Crippen molar-refractivity contribution in [1.29, 1.82) is 0 Å². The average molecular weight is 549 g/mol. The van der Waals surface area contributed by atoms with E-state index in [1.807, 2.05) is 54.6 Å². The number of esters is 1. The molecule has 6 rings (SSSR count). The van der Waals surface area contributed by atoms with E-state index in [0.29, 0.717) is 23.9 Å². The number of aryl methyl sites for hydroxylation is 1. The van der Waals surface area contributed by atoms with Gasteiger partial charge in [-0.25, -0.2) is 18.9 Å². The standard InChI is InChI=1S/C29H24N8O4/c1-18-30-27-25(28(39)36(17-24(38)41-2)29(40)37(27)21-8-4-3-5-9-21)35(18)16-19-12-14-20(15-13-19)22-10-6-7-11-23(22)26-31-33-34-32-26/h3-15H,16-17H2,1-2H3,(H,31,32,33,34). The van der Waals surface area contributed by atoms with Crippen molar-refractivity contribution in [2.45, 2.75) is 20.0 Å². The predicted octanol–water partition coefficient (Wildman–Crippen LogP) is 2.73. The van der Waals surface area contributed by atoms with Gasteiger partial charge in [0.25, 0.3) is 5.56 Å². The van der Waals surface area contributed by atoms with Crippen molar-refractivity contribution >= 4 is 17.1 Å². The van der Waals surface area contributed by atoms with Crippen LogP contribution >= 0.6 is 0 Å². The summed E-state index contributed by atoms with van der Waals surface area (Å²) in [6.07, 6.45) is 0. The number of nitrogens with one attached hydrogen (secondary N) is 1. The van der Waals surface area contributed by atoms with Crippen LogP contribution in [-0.2, 0) is 22.6 Å². The number of carbonyl (C=O) groups excluding carboxylic acids is 1. The third-order valence-corrected chi connectivity index (χ3v) is 6.87. The Hall–Kier alpha value is -5.65. The van der Waals surface area contributed by atoms with Gasteiger partial charge in [-0.05, 0) is 41.0 Å². The molecule has 0 unspecified atom stereocenters. The minimum Gasteiger partial charge on any atom is -0.468 e. The fourth-order valence-corrected chi connectivity index (χ4v) is 4.86. The molecule has 0 aliphatic carbocycles. The highest BCUT2D eigenvalue weighted by atomic mass is 16.5. The lowest BCUT2D eigenvalue weighted by molar-refractivity contribution is -0.141. The van der Waals surface area contributed by atoms with Gasteiger partial charge < -0.3 is 9.30 Å². The van der Waals surface area contributed by atoms with Crippen LogP contribution in [0.15, 0.2) is 88.5 Å². The lowest BCUT2D eigenvalue weighted by Crippen LogP contribution is -2.42. The number of benzene rings is 3. The molecular formula is C29H24N8O4. The van der Waals surface area contributed by atoms with E-state index >= 15 is 0 Å². The van der Waals surface area contributed by atoms with Crippen LogP contribution in [0, 0.1) is 6.92 Å². The van der Waals surface area contributed by atoms with Crippen molar-refractivity contribution in [3.8, 4) is 28.2 Å². The third kappa shape index (κ3) is 4.61. The molecular weight excluding hydrogens is 524 g/mol. The molecule has 1 N–H and O–H groups in total. The second kappa shape index (κ2) is 10.5. The summed E-state index contributed by atoms with van der Waals surface area (Å²) >= 11 is 0. The molecule has 0 amide bonds. The second-order valence-electron chi connectivity index (χ2n) is 9.32. The van der Waals surface area contributed by atoms with Crippen molar-refractivity contribution in [1.82, 2.24) is 39.3 Å². The Balaban J connectivity index is 1.45. The van der Waals surface area contributed by atoms with Gasteiger partial charge in [0.1, 0.15) is 12.4 Å². The number of methoxy groups -OCH3 is 1. The molecule has 0 fully saturated rings. The average Bonchev–Trinajstić information content (AvgIpc) is 3.65. The fraction of sp³-hybridized carbons (Fsp3) is 0.138. The molecule has 3 aromatic heterocycles.